The van der Waals surface area contributed by atoms with Crippen molar-refractivity contribution in [3.05, 3.63) is 33.6 Å². The van der Waals surface area contributed by atoms with E-state index in [4.69, 9.17) is 11.5 Å². The fraction of sp³-hybridized carbons (Fsp3) is 0.474. The van der Waals surface area contributed by atoms with E-state index in [2.05, 4.69) is 0 Å². The van der Waals surface area contributed by atoms with Gasteiger partial charge in [-0.3, -0.25) is 4.79 Å². The fourth-order valence-corrected chi connectivity index (χ4v) is 4.15. The topological polar surface area (TPSA) is 115 Å². The zero-order valence-electron chi connectivity index (χ0n) is 15.4. The number of aromatic nitrogens is 1. The first-order valence-corrected chi connectivity index (χ1v) is 9.29. The molecule has 0 unspecified atom stereocenters. The van der Waals surface area contributed by atoms with Gasteiger partial charge in [0.1, 0.15) is 11.3 Å². The first-order chi connectivity index (χ1) is 13.3. The molecule has 2 atom stereocenters. The van der Waals surface area contributed by atoms with E-state index in [-0.39, 0.29) is 29.1 Å². The number of carbonyl (C=O) groups is 1. The van der Waals surface area contributed by atoms with Gasteiger partial charge in [0.05, 0.1) is 16.6 Å². The second-order valence-electron chi connectivity index (χ2n) is 7.81. The van der Waals surface area contributed by atoms with Gasteiger partial charge in [-0.15, -0.1) is 0 Å². The number of hydrogen-bond donors (Lipinski definition) is 3. The van der Waals surface area contributed by atoms with Crippen LogP contribution in [0.25, 0.3) is 10.9 Å². The van der Waals surface area contributed by atoms with Crippen molar-refractivity contribution in [3.63, 3.8) is 0 Å². The molecule has 0 radical (unpaired) electrons. The first kappa shape index (κ1) is 18.7. The Kier molecular flexibility index (Phi) is 4.29. The number of anilines is 2. The zero-order chi connectivity index (χ0) is 20.3. The van der Waals surface area contributed by atoms with Crippen LogP contribution in [0.15, 0.2) is 11.0 Å². The molecule has 28 heavy (non-hydrogen) atoms. The second-order valence-corrected chi connectivity index (χ2v) is 7.81. The predicted octanol–water partition coefficient (Wildman–Crippen LogP) is 1.93. The Bertz CT molecular complexity index is 1050. The lowest BCUT2D eigenvalue weighted by atomic mass is 9.99. The minimum atomic E-state index is -1.45. The maximum atomic E-state index is 15.6. The van der Waals surface area contributed by atoms with Crippen molar-refractivity contribution in [2.45, 2.75) is 25.8 Å². The quantitative estimate of drug-likeness (QED) is 0.685. The monoisotopic (exact) mass is 392 g/mol. The minimum absolute atomic E-state index is 0.0933. The highest BCUT2D eigenvalue weighted by atomic mass is 19.1. The summed E-state index contributed by atoms with van der Waals surface area (Å²) in [6.45, 7) is 3.18. The summed E-state index contributed by atoms with van der Waals surface area (Å²) in [5.41, 5.74) is 9.23. The molecule has 0 bridgehead atoms. The number of hydrogen-bond acceptors (Lipinski definition) is 5. The molecule has 1 aliphatic heterocycles. The molecule has 2 heterocycles. The van der Waals surface area contributed by atoms with Crippen molar-refractivity contribution in [1.29, 1.82) is 0 Å². The standard InChI is InChI=1S/C19H22F2N4O3/c1-8-5-24(6-9(8)4-22)17-13(20)15(23)12-16(14(17)21)25(10-2-3-10)7-11(18(12)26)19(27)28/h7-10H,2-6,22-23H2,1H3,(H,27,28)/t8-,9+/m0/s1. The highest BCUT2D eigenvalue weighted by Gasteiger charge is 2.36. The number of aromatic carboxylic acids is 1. The van der Waals surface area contributed by atoms with E-state index >= 15 is 8.78 Å². The average Bonchev–Trinajstić information content (AvgIpc) is 3.42. The molecule has 9 heteroatoms. The summed E-state index contributed by atoms with van der Waals surface area (Å²) in [5.74, 6) is -3.12. The lowest BCUT2D eigenvalue weighted by Gasteiger charge is -2.23. The van der Waals surface area contributed by atoms with Crippen molar-refractivity contribution in [3.8, 4) is 0 Å². The lowest BCUT2D eigenvalue weighted by Crippen LogP contribution is -2.27. The van der Waals surface area contributed by atoms with Gasteiger partial charge < -0.3 is 26.0 Å². The molecule has 0 amide bonds. The number of nitrogens with zero attached hydrogens (tertiary/aromatic N) is 2. The van der Waals surface area contributed by atoms with Gasteiger partial charge in [0.2, 0.25) is 5.43 Å². The summed E-state index contributed by atoms with van der Waals surface area (Å²) in [4.78, 5) is 25.7. The van der Waals surface area contributed by atoms with E-state index in [1.54, 1.807) is 4.90 Å². The SMILES string of the molecule is C[C@H]1CN(c2c(F)c(N)c3c(=O)c(C(=O)O)cn(C4CC4)c3c2F)C[C@H]1CN. The van der Waals surface area contributed by atoms with E-state index in [1.165, 1.54) is 4.57 Å². The fourth-order valence-electron chi connectivity index (χ4n) is 4.15. The Hall–Kier alpha value is -2.68. The number of carboxylic acids is 1. The smallest absolute Gasteiger partial charge is 0.341 e. The van der Waals surface area contributed by atoms with Crippen LogP contribution in [-0.2, 0) is 0 Å². The summed E-state index contributed by atoms with van der Waals surface area (Å²) in [6.07, 6.45) is 2.59. The molecular formula is C19H22F2N4O3. The number of carboxylic acid groups (broad SMARTS) is 1. The highest BCUT2D eigenvalue weighted by molar-refractivity contribution is 5.99. The summed E-state index contributed by atoms with van der Waals surface area (Å²) >= 11 is 0. The molecule has 0 spiro atoms. The van der Waals surface area contributed by atoms with Crippen molar-refractivity contribution in [2.75, 3.05) is 30.3 Å². The summed E-state index contributed by atoms with van der Waals surface area (Å²) in [7, 11) is 0. The van der Waals surface area contributed by atoms with E-state index in [1.807, 2.05) is 6.92 Å². The normalized spacial score (nSPS) is 22.2. The van der Waals surface area contributed by atoms with Crippen LogP contribution in [-0.4, -0.2) is 35.3 Å². The number of pyridine rings is 1. The summed E-state index contributed by atoms with van der Waals surface area (Å²) in [6, 6.07) is -0.136. The van der Waals surface area contributed by atoms with Gasteiger partial charge in [-0.25, -0.2) is 13.6 Å². The van der Waals surface area contributed by atoms with E-state index in [9.17, 15) is 14.7 Å². The van der Waals surface area contributed by atoms with Crippen molar-refractivity contribution in [2.24, 2.45) is 17.6 Å². The Morgan fingerprint density at radius 3 is 2.50 bits per heavy atom. The molecule has 1 saturated carbocycles. The summed E-state index contributed by atoms with van der Waals surface area (Å²) in [5, 5.41) is 8.92. The minimum Gasteiger partial charge on any atom is -0.477 e. The Morgan fingerprint density at radius 1 is 1.29 bits per heavy atom. The molecule has 1 saturated heterocycles. The number of fused-ring (bicyclic) bond motifs is 1. The number of halogens is 2. The number of rotatable bonds is 4. The maximum absolute atomic E-state index is 15.6. The van der Waals surface area contributed by atoms with Gasteiger partial charge >= 0.3 is 5.97 Å². The molecule has 4 rings (SSSR count). The molecular weight excluding hydrogens is 370 g/mol. The third kappa shape index (κ3) is 2.64. The molecule has 2 aromatic rings. The van der Waals surface area contributed by atoms with E-state index in [0.717, 1.165) is 19.0 Å². The number of benzene rings is 1. The second kappa shape index (κ2) is 6.44. The van der Waals surface area contributed by atoms with Crippen molar-refractivity contribution < 1.29 is 18.7 Å². The lowest BCUT2D eigenvalue weighted by molar-refractivity contribution is 0.0695. The van der Waals surface area contributed by atoms with Gasteiger partial charge in [0.25, 0.3) is 0 Å². The molecule has 7 nitrogen and oxygen atoms in total. The zero-order valence-corrected chi connectivity index (χ0v) is 15.4. The molecule has 1 aromatic heterocycles. The molecule has 1 aliphatic carbocycles. The van der Waals surface area contributed by atoms with Gasteiger partial charge in [0.15, 0.2) is 11.6 Å². The van der Waals surface area contributed by atoms with Crippen molar-refractivity contribution >= 4 is 28.2 Å². The molecule has 5 N–H and O–H groups in total. The molecule has 1 aromatic carbocycles. The van der Waals surface area contributed by atoms with E-state index in [0.29, 0.717) is 19.6 Å². The van der Waals surface area contributed by atoms with Gasteiger partial charge in [-0.2, -0.15) is 0 Å². The summed E-state index contributed by atoms with van der Waals surface area (Å²) < 4.78 is 32.2. The average molecular weight is 392 g/mol. The largest absolute Gasteiger partial charge is 0.477 e. The molecule has 2 aliphatic rings. The maximum Gasteiger partial charge on any atom is 0.341 e. The Balaban J connectivity index is 2.03. The van der Waals surface area contributed by atoms with Crippen LogP contribution in [0, 0.1) is 23.5 Å². The first-order valence-electron chi connectivity index (χ1n) is 9.29. The molecule has 150 valence electrons. The van der Waals surface area contributed by atoms with Crippen LogP contribution >= 0.6 is 0 Å². The highest BCUT2D eigenvalue weighted by Crippen LogP contribution is 2.42. The Labute approximate surface area is 159 Å². The van der Waals surface area contributed by atoms with Crippen molar-refractivity contribution in [1.82, 2.24) is 4.57 Å². The van der Waals surface area contributed by atoms with Gasteiger partial charge in [-0.05, 0) is 31.2 Å². The van der Waals surface area contributed by atoms with Crippen LogP contribution in [0.5, 0.6) is 0 Å². The van der Waals surface area contributed by atoms with Gasteiger partial charge in [0, 0.05) is 25.3 Å². The molecule has 2 fully saturated rings. The van der Waals surface area contributed by atoms with Gasteiger partial charge in [-0.1, -0.05) is 6.92 Å². The Morgan fingerprint density at radius 2 is 1.96 bits per heavy atom. The van der Waals surface area contributed by atoms with E-state index < -0.39 is 39.7 Å². The number of nitrogens with two attached hydrogens (primary N) is 2. The number of nitrogen functional groups attached to an aromatic ring is 1. The third-order valence-electron chi connectivity index (χ3n) is 5.92. The van der Waals surface area contributed by atoms with Crippen LogP contribution < -0.4 is 21.8 Å². The van der Waals surface area contributed by atoms with Crippen LogP contribution in [0.3, 0.4) is 0 Å². The predicted molar refractivity (Wildman–Crippen MR) is 102 cm³/mol. The third-order valence-corrected chi connectivity index (χ3v) is 5.92. The van der Waals surface area contributed by atoms with Crippen LogP contribution in [0.4, 0.5) is 20.2 Å². The van der Waals surface area contributed by atoms with Crippen LogP contribution in [0.1, 0.15) is 36.2 Å². The van der Waals surface area contributed by atoms with Crippen LogP contribution in [0.2, 0.25) is 0 Å².